The Labute approximate surface area is 164 Å². The molecular weight excluding hydrogens is 360 g/mol. The van der Waals surface area contributed by atoms with E-state index in [-0.39, 0.29) is 36.3 Å². The Hall–Kier alpha value is -3.09. The number of carbonyl (C=O) groups excluding carboxylic acids is 3. The van der Waals surface area contributed by atoms with E-state index in [1.165, 1.54) is 0 Å². The minimum atomic E-state index is -0.659. The molecule has 1 unspecified atom stereocenters. The lowest BCUT2D eigenvalue weighted by molar-refractivity contribution is -0.124. The predicted octanol–water partition coefficient (Wildman–Crippen LogP) is 2.88. The number of rotatable bonds is 8. The molecule has 1 amide bonds. The zero-order valence-corrected chi connectivity index (χ0v) is 16.6. The van der Waals surface area contributed by atoms with E-state index >= 15 is 0 Å². The lowest BCUT2D eigenvalue weighted by atomic mass is 10.0. The van der Waals surface area contributed by atoms with Gasteiger partial charge in [0.05, 0.1) is 12.2 Å². The molecule has 150 valence electrons. The summed E-state index contributed by atoms with van der Waals surface area (Å²) >= 11 is 0. The molecule has 0 saturated heterocycles. The molecule has 0 bridgehead atoms. The quantitative estimate of drug-likeness (QED) is 0.680. The van der Waals surface area contributed by atoms with Crippen LogP contribution < -0.4 is 5.32 Å². The van der Waals surface area contributed by atoms with Crippen LogP contribution in [0.1, 0.15) is 57.4 Å². The van der Waals surface area contributed by atoms with E-state index in [4.69, 9.17) is 9.47 Å². The van der Waals surface area contributed by atoms with Gasteiger partial charge in [0.15, 0.2) is 6.61 Å². The van der Waals surface area contributed by atoms with Crippen LogP contribution in [0, 0.1) is 13.8 Å². The molecule has 28 heavy (non-hydrogen) atoms. The third-order valence-electron chi connectivity index (χ3n) is 4.43. The lowest BCUT2D eigenvalue weighted by Crippen LogP contribution is -2.31. The minimum Gasteiger partial charge on any atom is -0.461 e. The van der Waals surface area contributed by atoms with Crippen molar-refractivity contribution in [2.24, 2.45) is 0 Å². The molecular formula is C21H26N2O5. The van der Waals surface area contributed by atoms with Crippen molar-refractivity contribution in [1.82, 2.24) is 10.3 Å². The van der Waals surface area contributed by atoms with Gasteiger partial charge < -0.3 is 19.8 Å². The third kappa shape index (κ3) is 5.22. The molecule has 0 aliphatic rings. The summed E-state index contributed by atoms with van der Waals surface area (Å²) in [4.78, 5) is 39.1. The summed E-state index contributed by atoms with van der Waals surface area (Å²) in [5.74, 6) is -1.43. The van der Waals surface area contributed by atoms with Gasteiger partial charge in [-0.2, -0.15) is 0 Å². The van der Waals surface area contributed by atoms with Gasteiger partial charge >= 0.3 is 11.9 Å². The van der Waals surface area contributed by atoms with E-state index in [0.29, 0.717) is 17.8 Å². The summed E-state index contributed by atoms with van der Waals surface area (Å²) in [6, 6.07) is 9.82. The maximum absolute atomic E-state index is 12.4. The third-order valence-corrected chi connectivity index (χ3v) is 4.43. The standard InChI is InChI=1S/C21H26N2O5/c1-5-27-21(26)19-14(3)18(15(4)23-19)20(25)28-12-17(24)22-11-13(2)16-9-7-6-8-10-16/h6-10,13,23H,5,11-12H2,1-4H3,(H,22,24). The Balaban J connectivity index is 1.90. The molecule has 0 aliphatic carbocycles. The van der Waals surface area contributed by atoms with Crippen molar-refractivity contribution >= 4 is 17.8 Å². The fourth-order valence-electron chi connectivity index (χ4n) is 2.88. The molecule has 7 nitrogen and oxygen atoms in total. The molecule has 1 aromatic heterocycles. The second-order valence-electron chi connectivity index (χ2n) is 6.54. The monoisotopic (exact) mass is 386 g/mol. The highest BCUT2D eigenvalue weighted by Gasteiger charge is 2.24. The van der Waals surface area contributed by atoms with Gasteiger partial charge in [-0.05, 0) is 37.8 Å². The van der Waals surface area contributed by atoms with Crippen molar-refractivity contribution in [1.29, 1.82) is 0 Å². The van der Waals surface area contributed by atoms with E-state index in [1.807, 2.05) is 37.3 Å². The average Bonchev–Trinajstić information content (AvgIpc) is 2.99. The van der Waals surface area contributed by atoms with Crippen molar-refractivity contribution in [3.05, 3.63) is 58.4 Å². The van der Waals surface area contributed by atoms with Crippen LogP contribution in [-0.4, -0.2) is 42.6 Å². The zero-order chi connectivity index (χ0) is 20.7. The molecule has 0 aliphatic heterocycles. The van der Waals surface area contributed by atoms with Crippen LogP contribution >= 0.6 is 0 Å². The highest BCUT2D eigenvalue weighted by Crippen LogP contribution is 2.20. The second-order valence-corrected chi connectivity index (χ2v) is 6.54. The Bertz CT molecular complexity index is 842. The predicted molar refractivity (Wildman–Crippen MR) is 104 cm³/mol. The number of hydrogen-bond acceptors (Lipinski definition) is 5. The molecule has 0 fully saturated rings. The first kappa shape index (κ1) is 21.2. The number of aromatic amines is 1. The van der Waals surface area contributed by atoms with Crippen LogP contribution in [0.15, 0.2) is 30.3 Å². The average molecular weight is 386 g/mol. The number of esters is 2. The SMILES string of the molecule is CCOC(=O)c1[nH]c(C)c(C(=O)OCC(=O)NCC(C)c2ccccc2)c1C. The molecule has 1 heterocycles. The normalized spacial score (nSPS) is 11.6. The molecule has 1 aromatic carbocycles. The summed E-state index contributed by atoms with van der Waals surface area (Å²) in [5.41, 5.74) is 2.51. The highest BCUT2D eigenvalue weighted by molar-refractivity contribution is 5.99. The minimum absolute atomic E-state index is 0.141. The fraction of sp³-hybridized carbons (Fsp3) is 0.381. The van der Waals surface area contributed by atoms with Gasteiger partial charge in [-0.3, -0.25) is 4.79 Å². The maximum atomic E-state index is 12.4. The molecule has 0 radical (unpaired) electrons. The number of aromatic nitrogens is 1. The van der Waals surface area contributed by atoms with Crippen LogP contribution in [0.3, 0.4) is 0 Å². The number of carbonyl (C=O) groups is 3. The fourth-order valence-corrected chi connectivity index (χ4v) is 2.88. The van der Waals surface area contributed by atoms with Crippen molar-refractivity contribution < 1.29 is 23.9 Å². The molecule has 0 saturated carbocycles. The van der Waals surface area contributed by atoms with E-state index in [0.717, 1.165) is 5.56 Å². The second kappa shape index (κ2) is 9.73. The van der Waals surface area contributed by atoms with Crippen LogP contribution in [0.2, 0.25) is 0 Å². The highest BCUT2D eigenvalue weighted by atomic mass is 16.5. The first-order chi connectivity index (χ1) is 13.3. The number of benzene rings is 1. The molecule has 1 atom stereocenters. The molecule has 0 spiro atoms. The van der Waals surface area contributed by atoms with Crippen LogP contribution in [0.4, 0.5) is 0 Å². The van der Waals surface area contributed by atoms with Crippen molar-refractivity contribution in [3.8, 4) is 0 Å². The zero-order valence-electron chi connectivity index (χ0n) is 16.6. The van der Waals surface area contributed by atoms with Crippen LogP contribution in [0.25, 0.3) is 0 Å². The van der Waals surface area contributed by atoms with Gasteiger partial charge in [-0.15, -0.1) is 0 Å². The van der Waals surface area contributed by atoms with E-state index in [9.17, 15) is 14.4 Å². The smallest absolute Gasteiger partial charge is 0.355 e. The molecule has 2 N–H and O–H groups in total. The van der Waals surface area contributed by atoms with Crippen LogP contribution in [0.5, 0.6) is 0 Å². The summed E-state index contributed by atoms with van der Waals surface area (Å²) in [5, 5.41) is 2.76. The summed E-state index contributed by atoms with van der Waals surface area (Å²) in [7, 11) is 0. The van der Waals surface area contributed by atoms with E-state index in [2.05, 4.69) is 10.3 Å². The molecule has 7 heteroatoms. The Morgan fingerprint density at radius 1 is 1.07 bits per heavy atom. The molecule has 2 aromatic rings. The van der Waals surface area contributed by atoms with Gasteiger partial charge in [-0.1, -0.05) is 37.3 Å². The van der Waals surface area contributed by atoms with E-state index in [1.54, 1.807) is 20.8 Å². The number of ether oxygens (including phenoxy) is 2. The van der Waals surface area contributed by atoms with Gasteiger partial charge in [0, 0.05) is 12.2 Å². The number of amides is 1. The van der Waals surface area contributed by atoms with Gasteiger partial charge in [-0.25, -0.2) is 9.59 Å². The number of aryl methyl sites for hydroxylation is 1. The Morgan fingerprint density at radius 3 is 2.39 bits per heavy atom. The maximum Gasteiger partial charge on any atom is 0.355 e. The summed E-state index contributed by atoms with van der Waals surface area (Å²) in [6.45, 7) is 7.29. The van der Waals surface area contributed by atoms with Crippen molar-refractivity contribution in [3.63, 3.8) is 0 Å². The van der Waals surface area contributed by atoms with Crippen LogP contribution in [-0.2, 0) is 14.3 Å². The first-order valence-corrected chi connectivity index (χ1v) is 9.20. The summed E-state index contributed by atoms with van der Waals surface area (Å²) in [6.07, 6.45) is 0. The van der Waals surface area contributed by atoms with Gasteiger partial charge in [0.1, 0.15) is 5.69 Å². The van der Waals surface area contributed by atoms with Crippen molar-refractivity contribution in [2.75, 3.05) is 19.8 Å². The molecule has 2 rings (SSSR count). The Kier molecular flexibility index (Phi) is 7.37. The Morgan fingerprint density at radius 2 is 1.75 bits per heavy atom. The number of hydrogen-bond donors (Lipinski definition) is 2. The van der Waals surface area contributed by atoms with Crippen molar-refractivity contribution in [2.45, 2.75) is 33.6 Å². The summed E-state index contributed by atoms with van der Waals surface area (Å²) < 4.78 is 10.1. The largest absolute Gasteiger partial charge is 0.461 e. The van der Waals surface area contributed by atoms with E-state index < -0.39 is 11.9 Å². The van der Waals surface area contributed by atoms with Gasteiger partial charge in [0.25, 0.3) is 5.91 Å². The van der Waals surface area contributed by atoms with Gasteiger partial charge in [0.2, 0.25) is 0 Å². The topological polar surface area (TPSA) is 97.5 Å². The number of nitrogens with one attached hydrogen (secondary N) is 2. The first-order valence-electron chi connectivity index (χ1n) is 9.20. The number of H-pyrrole nitrogens is 1. The lowest BCUT2D eigenvalue weighted by Gasteiger charge is -2.13.